The minimum Gasteiger partial charge on any atom is -0.870 e. The van der Waals surface area contributed by atoms with Crippen molar-refractivity contribution in [2.45, 2.75) is 12.8 Å². The molecule has 1 atom stereocenters. The van der Waals surface area contributed by atoms with E-state index in [1.54, 1.807) is 0 Å². The minimum atomic E-state index is 0. The molecule has 0 aromatic rings. The van der Waals surface area contributed by atoms with Crippen LogP contribution in [0.3, 0.4) is 0 Å². The second kappa shape index (κ2) is 4.29. The van der Waals surface area contributed by atoms with Gasteiger partial charge < -0.3 is 5.48 Å². The van der Waals surface area contributed by atoms with E-state index in [1.807, 2.05) is 4.21 Å². The van der Waals surface area contributed by atoms with Gasteiger partial charge >= 0.3 is 0 Å². The van der Waals surface area contributed by atoms with Crippen molar-refractivity contribution in [3.05, 3.63) is 0 Å². The first-order chi connectivity index (χ1) is 3.80. The molecule has 1 saturated heterocycles. The van der Waals surface area contributed by atoms with E-state index in [0.29, 0.717) is 0 Å². The Hall–Kier alpha value is 0.450. The van der Waals surface area contributed by atoms with E-state index in [1.165, 1.54) is 25.9 Å². The zero-order chi connectivity index (χ0) is 5.98. The Bertz CT molecular complexity index is 103. The van der Waals surface area contributed by atoms with Gasteiger partial charge in [0.25, 0.3) is 0 Å². The summed E-state index contributed by atoms with van der Waals surface area (Å²) >= 11 is 0. The summed E-state index contributed by atoms with van der Waals surface area (Å²) in [6.07, 6.45) is 2.66. The van der Waals surface area contributed by atoms with Crippen LogP contribution in [-0.4, -0.2) is 27.8 Å². The Balaban J connectivity index is 0.000000640. The summed E-state index contributed by atoms with van der Waals surface area (Å²) in [4.78, 5) is 0. The quantitative estimate of drug-likeness (QED) is 0.543. The van der Waals surface area contributed by atoms with Gasteiger partial charge in [0, 0.05) is 0 Å². The highest BCUT2D eigenvalue weighted by atomic mass is 31.1. The Morgan fingerprint density at radius 3 is 2.00 bits per heavy atom. The van der Waals surface area contributed by atoms with E-state index < -0.39 is 0 Å². The number of rotatable bonds is 1. The molecule has 0 saturated carbocycles. The molecule has 1 fully saturated rings. The van der Waals surface area contributed by atoms with Crippen LogP contribution in [0.1, 0.15) is 12.8 Å². The van der Waals surface area contributed by atoms with Crippen LogP contribution >= 0.6 is 18.4 Å². The normalized spacial score (nSPS) is 19.2. The molecule has 3 nitrogen and oxygen atoms in total. The van der Waals surface area contributed by atoms with Crippen molar-refractivity contribution in [3.63, 3.8) is 0 Å². The smallest absolute Gasteiger partial charge is 0.216 e. The average molecular weight is 166 g/mol. The van der Waals surface area contributed by atoms with E-state index in [9.17, 15) is 0 Å². The highest BCUT2D eigenvalue weighted by molar-refractivity contribution is 7.15. The first kappa shape index (κ1) is 9.45. The largest absolute Gasteiger partial charge is 0.870 e. The lowest BCUT2D eigenvalue weighted by Crippen LogP contribution is -2.21. The molecular formula is C4H12N2OP2. The molecule has 0 amide bonds. The third-order valence-electron chi connectivity index (χ3n) is 1.39. The maximum absolute atomic E-state index is 3.37. The number of hydrazine groups is 1. The van der Waals surface area contributed by atoms with Gasteiger partial charge in [-0.2, -0.15) is 0 Å². The van der Waals surface area contributed by atoms with Gasteiger partial charge in [-0.05, 0) is 12.8 Å². The molecule has 1 rings (SSSR count). The molecule has 0 aromatic carbocycles. The molecule has 1 heterocycles. The third kappa shape index (κ3) is 2.68. The van der Waals surface area contributed by atoms with Crippen LogP contribution in [0.4, 0.5) is 0 Å². The van der Waals surface area contributed by atoms with Gasteiger partial charge in [-0.1, -0.05) is 5.01 Å². The molecule has 0 aliphatic carbocycles. The van der Waals surface area contributed by atoms with Crippen molar-refractivity contribution in [1.82, 2.24) is 5.01 Å². The molecule has 0 bridgehead atoms. The van der Waals surface area contributed by atoms with E-state index >= 15 is 0 Å². The van der Waals surface area contributed by atoms with E-state index in [0.717, 1.165) is 0 Å². The average Bonchev–Trinajstić information content (AvgIpc) is 2.12. The van der Waals surface area contributed by atoms with E-state index in [4.69, 9.17) is 0 Å². The lowest BCUT2D eigenvalue weighted by Gasteiger charge is -2.03. The van der Waals surface area contributed by atoms with Crippen molar-refractivity contribution in [2.75, 3.05) is 13.1 Å². The van der Waals surface area contributed by atoms with Gasteiger partial charge in [0.05, 0.1) is 13.1 Å². The fraction of sp³-hybridized carbons (Fsp3) is 1.00. The maximum atomic E-state index is 3.37. The lowest BCUT2D eigenvalue weighted by atomic mass is 10.4. The second-order valence-electron chi connectivity index (χ2n) is 2.01. The fourth-order valence-corrected chi connectivity index (χ4v) is 1.35. The molecule has 9 heavy (non-hydrogen) atoms. The van der Waals surface area contributed by atoms with Gasteiger partial charge in [0.15, 0.2) is 9.39 Å². The predicted octanol–water partition coefficient (Wildman–Crippen LogP) is 0.949. The minimum absolute atomic E-state index is 0. The van der Waals surface area contributed by atoms with Crippen molar-refractivity contribution in [3.8, 4) is 0 Å². The van der Waals surface area contributed by atoms with Crippen LogP contribution in [0, 0.1) is 0 Å². The lowest BCUT2D eigenvalue weighted by molar-refractivity contribution is -0.526. The fourth-order valence-electron chi connectivity index (χ4n) is 0.916. The molecule has 0 aromatic heterocycles. The van der Waals surface area contributed by atoms with Crippen molar-refractivity contribution >= 4 is 18.4 Å². The first-order valence-corrected chi connectivity index (χ1v) is 3.78. The van der Waals surface area contributed by atoms with Gasteiger partial charge in [-0.25, -0.2) is 0 Å². The Morgan fingerprint density at radius 2 is 1.78 bits per heavy atom. The number of hydrogen-bond acceptors (Lipinski definition) is 1. The monoisotopic (exact) mass is 166 g/mol. The molecule has 5 heteroatoms. The maximum Gasteiger partial charge on any atom is 0.216 e. The summed E-state index contributed by atoms with van der Waals surface area (Å²) < 4.78 is 1.90. The van der Waals surface area contributed by atoms with Gasteiger partial charge in [-0.15, -0.1) is 4.21 Å². The van der Waals surface area contributed by atoms with Gasteiger partial charge in [0.2, 0.25) is 9.03 Å². The summed E-state index contributed by atoms with van der Waals surface area (Å²) in [5, 5.41) is 2.24. The summed E-state index contributed by atoms with van der Waals surface area (Å²) in [5.41, 5.74) is 0. The highest BCUT2D eigenvalue weighted by Gasteiger charge is 2.16. The predicted molar refractivity (Wildman–Crippen MR) is 41.0 cm³/mol. The van der Waals surface area contributed by atoms with Crippen LogP contribution in [0.2, 0.25) is 0 Å². The van der Waals surface area contributed by atoms with E-state index in [2.05, 4.69) is 23.4 Å². The van der Waals surface area contributed by atoms with E-state index in [-0.39, 0.29) is 5.48 Å². The zero-order valence-electron chi connectivity index (χ0n) is 5.25. The summed E-state index contributed by atoms with van der Waals surface area (Å²) in [6.45, 7) is 2.38. The number of hydrogen-bond donors (Lipinski definition) is 0. The molecular weight excluding hydrogens is 154 g/mol. The van der Waals surface area contributed by atoms with Crippen LogP contribution in [0.5, 0.6) is 0 Å². The van der Waals surface area contributed by atoms with Gasteiger partial charge in [0.1, 0.15) is 0 Å². The number of nitrogens with zero attached hydrogens (tertiary/aromatic N) is 2. The molecule has 1 aliphatic rings. The van der Waals surface area contributed by atoms with Gasteiger partial charge in [-0.3, -0.25) is 0 Å². The summed E-state index contributed by atoms with van der Waals surface area (Å²) in [5.74, 6) is 0. The van der Waals surface area contributed by atoms with Crippen molar-refractivity contribution in [2.24, 2.45) is 0 Å². The zero-order valence-corrected chi connectivity index (χ0v) is 7.40. The topological polar surface area (TPSA) is 36.2 Å². The Kier molecular flexibility index (Phi) is 4.51. The second-order valence-corrected chi connectivity index (χ2v) is 3.47. The van der Waals surface area contributed by atoms with Crippen LogP contribution < -0.4 is 0 Å². The van der Waals surface area contributed by atoms with Crippen molar-refractivity contribution in [1.29, 1.82) is 0 Å². The molecule has 1 unspecified atom stereocenters. The summed E-state index contributed by atoms with van der Waals surface area (Å²) in [7, 11) is 5.95. The van der Waals surface area contributed by atoms with Crippen LogP contribution in [-0.2, 0) is 0 Å². The summed E-state index contributed by atoms with van der Waals surface area (Å²) in [6, 6.07) is 0. The Morgan fingerprint density at radius 1 is 1.33 bits per heavy atom. The van der Waals surface area contributed by atoms with Crippen LogP contribution in [0.15, 0.2) is 0 Å². The van der Waals surface area contributed by atoms with Crippen LogP contribution in [0.25, 0.3) is 0 Å². The highest BCUT2D eigenvalue weighted by Crippen LogP contribution is 2.10. The van der Waals surface area contributed by atoms with Crippen molar-refractivity contribution < 1.29 is 9.68 Å². The third-order valence-corrected chi connectivity index (χ3v) is 2.00. The molecule has 54 valence electrons. The first-order valence-electron chi connectivity index (χ1n) is 2.81. The standard InChI is InChI=1S/C4H11N2P2.H2O/c7-6(8)5-3-1-2-4-5;/h7H,1-4,8H2;1H2/q+1;/p-1. The Labute approximate surface area is 59.9 Å². The SMILES string of the molecule is P=[N+](P)N1CCCC1.[OH-]. The molecule has 1 N–H and O–H groups in total. The molecule has 0 spiro atoms. The molecule has 0 radical (unpaired) electrons. The molecule has 1 aliphatic heterocycles.